The zero-order valence-corrected chi connectivity index (χ0v) is 11.5. The van der Waals surface area contributed by atoms with Gasteiger partial charge in [-0.25, -0.2) is 0 Å². The molecule has 1 aliphatic carbocycles. The van der Waals surface area contributed by atoms with Crippen LogP contribution >= 0.6 is 0 Å². The third kappa shape index (κ3) is 4.95. The summed E-state index contributed by atoms with van der Waals surface area (Å²) in [4.78, 5) is 1.78. The molecular weight excluding hydrogens is 253 g/mol. The minimum absolute atomic E-state index is 0.117. The maximum Gasteiger partial charge on any atom is 0.401 e. The van der Waals surface area contributed by atoms with Crippen LogP contribution in [0.1, 0.15) is 51.4 Å². The van der Waals surface area contributed by atoms with E-state index in [1.807, 2.05) is 0 Å². The van der Waals surface area contributed by atoms with Gasteiger partial charge in [-0.1, -0.05) is 25.7 Å². The van der Waals surface area contributed by atoms with Crippen molar-refractivity contribution < 1.29 is 13.2 Å². The summed E-state index contributed by atoms with van der Waals surface area (Å²) in [7, 11) is 0. The van der Waals surface area contributed by atoms with Crippen molar-refractivity contribution in [3.8, 4) is 0 Å². The summed E-state index contributed by atoms with van der Waals surface area (Å²) < 4.78 is 38.6. The molecule has 112 valence electrons. The van der Waals surface area contributed by atoms with Crippen molar-refractivity contribution in [2.75, 3.05) is 19.6 Å². The van der Waals surface area contributed by atoms with Gasteiger partial charge in [-0.3, -0.25) is 4.90 Å². The Labute approximate surface area is 113 Å². The monoisotopic (exact) mass is 278 g/mol. The van der Waals surface area contributed by atoms with Gasteiger partial charge in [0.25, 0.3) is 0 Å². The van der Waals surface area contributed by atoms with Crippen LogP contribution in [0.15, 0.2) is 0 Å². The largest absolute Gasteiger partial charge is 0.401 e. The number of rotatable bonds is 3. The maximum absolute atomic E-state index is 12.9. The topological polar surface area (TPSA) is 15.3 Å². The molecule has 2 aliphatic rings. The summed E-state index contributed by atoms with van der Waals surface area (Å²) in [5.41, 5.74) is 0. The molecule has 1 saturated carbocycles. The van der Waals surface area contributed by atoms with Crippen LogP contribution in [0.4, 0.5) is 13.2 Å². The molecule has 0 bridgehead atoms. The number of halogens is 3. The third-order valence-electron chi connectivity index (χ3n) is 4.43. The van der Waals surface area contributed by atoms with Crippen LogP contribution in [0.5, 0.6) is 0 Å². The SMILES string of the molecule is FC(F)(F)CN(C1CCCCCC1)C1CCNCC1. The average Bonchev–Trinajstić information content (AvgIpc) is 2.65. The van der Waals surface area contributed by atoms with Crippen molar-refractivity contribution in [3.63, 3.8) is 0 Å². The molecule has 5 heteroatoms. The maximum atomic E-state index is 12.9. The molecule has 0 aromatic carbocycles. The van der Waals surface area contributed by atoms with E-state index >= 15 is 0 Å². The van der Waals surface area contributed by atoms with Crippen LogP contribution in [0.25, 0.3) is 0 Å². The third-order valence-corrected chi connectivity index (χ3v) is 4.43. The number of piperidine rings is 1. The minimum atomic E-state index is -4.07. The van der Waals surface area contributed by atoms with E-state index < -0.39 is 12.7 Å². The first kappa shape index (κ1) is 15.1. The van der Waals surface area contributed by atoms with E-state index in [0.717, 1.165) is 51.6 Å². The highest BCUT2D eigenvalue weighted by atomic mass is 19.4. The van der Waals surface area contributed by atoms with Crippen molar-refractivity contribution in [1.29, 1.82) is 0 Å². The van der Waals surface area contributed by atoms with Gasteiger partial charge in [0, 0.05) is 12.1 Å². The standard InChI is InChI=1S/C14H25F3N2/c15-14(16,17)11-19(13-7-9-18-10-8-13)12-5-3-1-2-4-6-12/h12-13,18H,1-11H2. The fourth-order valence-electron chi connectivity index (χ4n) is 3.49. The summed E-state index contributed by atoms with van der Waals surface area (Å²) in [6, 6.07) is 0.262. The van der Waals surface area contributed by atoms with Gasteiger partial charge in [-0.15, -0.1) is 0 Å². The first-order chi connectivity index (χ1) is 9.06. The molecule has 0 aromatic heterocycles. The fraction of sp³-hybridized carbons (Fsp3) is 1.00. The molecule has 0 unspecified atom stereocenters. The number of nitrogens with one attached hydrogen (secondary N) is 1. The second-order valence-electron chi connectivity index (χ2n) is 5.91. The molecule has 2 rings (SSSR count). The Morgan fingerprint density at radius 2 is 1.37 bits per heavy atom. The fourth-order valence-corrected chi connectivity index (χ4v) is 3.49. The highest BCUT2D eigenvalue weighted by molar-refractivity contribution is 4.85. The Bertz CT molecular complexity index is 254. The lowest BCUT2D eigenvalue weighted by atomic mass is 9.99. The van der Waals surface area contributed by atoms with E-state index in [4.69, 9.17) is 0 Å². The van der Waals surface area contributed by atoms with Crippen molar-refractivity contribution in [2.24, 2.45) is 0 Å². The van der Waals surface area contributed by atoms with Crippen LogP contribution in [0, 0.1) is 0 Å². The number of hydrogen-bond acceptors (Lipinski definition) is 2. The van der Waals surface area contributed by atoms with Crippen LogP contribution in [-0.4, -0.2) is 42.8 Å². The summed E-state index contributed by atoms with van der Waals surface area (Å²) in [6.07, 6.45) is 4.06. The summed E-state index contributed by atoms with van der Waals surface area (Å²) in [5.74, 6) is 0. The summed E-state index contributed by atoms with van der Waals surface area (Å²) in [5, 5.41) is 3.24. The predicted octanol–water partition coefficient (Wildman–Crippen LogP) is 3.33. The van der Waals surface area contributed by atoms with E-state index in [-0.39, 0.29) is 12.1 Å². The number of hydrogen-bond donors (Lipinski definition) is 1. The zero-order valence-electron chi connectivity index (χ0n) is 11.5. The normalized spacial score (nSPS) is 24.6. The van der Waals surface area contributed by atoms with Crippen LogP contribution in [0.3, 0.4) is 0 Å². The Kier molecular flexibility index (Phi) is 5.51. The second-order valence-corrected chi connectivity index (χ2v) is 5.91. The lowest BCUT2D eigenvalue weighted by Crippen LogP contribution is -2.51. The predicted molar refractivity (Wildman–Crippen MR) is 70.1 cm³/mol. The minimum Gasteiger partial charge on any atom is -0.317 e. The average molecular weight is 278 g/mol. The van der Waals surface area contributed by atoms with E-state index in [1.165, 1.54) is 12.8 Å². The van der Waals surface area contributed by atoms with E-state index in [1.54, 1.807) is 4.90 Å². The highest BCUT2D eigenvalue weighted by Gasteiger charge is 2.37. The van der Waals surface area contributed by atoms with Crippen molar-refractivity contribution in [1.82, 2.24) is 10.2 Å². The van der Waals surface area contributed by atoms with Crippen LogP contribution in [0.2, 0.25) is 0 Å². The molecule has 1 saturated heterocycles. The van der Waals surface area contributed by atoms with Crippen LogP contribution in [-0.2, 0) is 0 Å². The van der Waals surface area contributed by atoms with Gasteiger partial charge in [-0.2, -0.15) is 13.2 Å². The number of alkyl halides is 3. The van der Waals surface area contributed by atoms with Gasteiger partial charge >= 0.3 is 6.18 Å². The second kappa shape index (κ2) is 6.93. The van der Waals surface area contributed by atoms with Crippen molar-refractivity contribution >= 4 is 0 Å². The van der Waals surface area contributed by atoms with Gasteiger partial charge in [0.05, 0.1) is 6.54 Å². The Hall–Kier alpha value is -0.290. The molecule has 0 spiro atoms. The molecule has 0 aromatic rings. The molecule has 0 atom stereocenters. The van der Waals surface area contributed by atoms with Crippen molar-refractivity contribution in [2.45, 2.75) is 69.6 Å². The van der Waals surface area contributed by atoms with Gasteiger partial charge in [0.15, 0.2) is 0 Å². The molecule has 1 aliphatic heterocycles. The molecule has 2 fully saturated rings. The molecule has 0 amide bonds. The lowest BCUT2D eigenvalue weighted by Gasteiger charge is -2.40. The van der Waals surface area contributed by atoms with Gasteiger partial charge in [0.2, 0.25) is 0 Å². The van der Waals surface area contributed by atoms with Gasteiger partial charge < -0.3 is 5.32 Å². The molecule has 2 nitrogen and oxygen atoms in total. The lowest BCUT2D eigenvalue weighted by molar-refractivity contribution is -0.158. The summed E-state index contributed by atoms with van der Waals surface area (Å²) in [6.45, 7) is 0.986. The quantitative estimate of drug-likeness (QED) is 0.797. The van der Waals surface area contributed by atoms with E-state index in [0.29, 0.717) is 0 Å². The Morgan fingerprint density at radius 1 is 0.842 bits per heavy atom. The van der Waals surface area contributed by atoms with Crippen LogP contribution < -0.4 is 5.32 Å². The molecule has 0 radical (unpaired) electrons. The molecule has 1 heterocycles. The first-order valence-corrected chi connectivity index (χ1v) is 7.59. The smallest absolute Gasteiger partial charge is 0.317 e. The van der Waals surface area contributed by atoms with E-state index in [2.05, 4.69) is 5.32 Å². The van der Waals surface area contributed by atoms with E-state index in [9.17, 15) is 13.2 Å². The Balaban J connectivity index is 2.02. The molecular formula is C14H25F3N2. The highest BCUT2D eigenvalue weighted by Crippen LogP contribution is 2.29. The molecule has 1 N–H and O–H groups in total. The number of nitrogens with zero attached hydrogens (tertiary/aromatic N) is 1. The first-order valence-electron chi connectivity index (χ1n) is 7.59. The summed E-state index contributed by atoms with van der Waals surface area (Å²) >= 11 is 0. The van der Waals surface area contributed by atoms with Crippen molar-refractivity contribution in [3.05, 3.63) is 0 Å². The zero-order chi connectivity index (χ0) is 13.7. The van der Waals surface area contributed by atoms with Gasteiger partial charge in [0.1, 0.15) is 0 Å². The Morgan fingerprint density at radius 3 is 1.89 bits per heavy atom. The molecule has 19 heavy (non-hydrogen) atoms. The van der Waals surface area contributed by atoms with Gasteiger partial charge in [-0.05, 0) is 38.8 Å².